The van der Waals surface area contributed by atoms with Crippen LogP contribution in [0.15, 0.2) is 61.3 Å². The number of hydrogen-bond donors (Lipinski definition) is 0. The maximum atomic E-state index is 14.7. The lowest BCUT2D eigenvalue weighted by atomic mass is 10.1. The summed E-state index contributed by atoms with van der Waals surface area (Å²) in [6.45, 7) is 8.95. The topological polar surface area (TPSA) is 35.0 Å². The summed E-state index contributed by atoms with van der Waals surface area (Å²) in [5.41, 5.74) is 4.76. The molecule has 0 saturated carbocycles. The first-order valence-corrected chi connectivity index (χ1v) is 12.1. The first-order chi connectivity index (χ1) is 16.1. The van der Waals surface area contributed by atoms with E-state index in [0.29, 0.717) is 11.3 Å². The molecule has 0 saturated heterocycles. The number of fused-ring (bicyclic) bond motifs is 1. The summed E-state index contributed by atoms with van der Waals surface area (Å²) >= 11 is 0. The second kappa shape index (κ2) is 13.0. The number of benzene rings is 2. The van der Waals surface area contributed by atoms with Crippen LogP contribution >= 0.6 is 0 Å². The van der Waals surface area contributed by atoms with Crippen molar-refractivity contribution in [2.24, 2.45) is 0 Å². The van der Waals surface area contributed by atoms with Crippen molar-refractivity contribution in [1.82, 2.24) is 9.97 Å². The number of nitrogens with zero attached hydrogens (tertiary/aromatic N) is 2. The molecule has 2 aromatic carbocycles. The zero-order valence-corrected chi connectivity index (χ0v) is 19.9. The molecule has 3 aromatic rings. The predicted octanol–water partition coefficient (Wildman–Crippen LogP) is 7.94. The van der Waals surface area contributed by atoms with Gasteiger partial charge in [-0.15, -0.1) is 6.58 Å². The molecule has 0 radical (unpaired) electrons. The second-order valence-corrected chi connectivity index (χ2v) is 8.53. The van der Waals surface area contributed by atoms with Crippen molar-refractivity contribution < 1.29 is 9.13 Å². The summed E-state index contributed by atoms with van der Waals surface area (Å²) in [6, 6.07) is 11.2. The van der Waals surface area contributed by atoms with Gasteiger partial charge < -0.3 is 4.74 Å². The number of halogens is 1. The van der Waals surface area contributed by atoms with E-state index < -0.39 is 0 Å². The Bertz CT molecular complexity index is 1080. The predicted molar refractivity (Wildman–Crippen MR) is 137 cm³/mol. The number of rotatable bonds is 13. The number of allylic oxidation sites excluding steroid dienone is 2. The summed E-state index contributed by atoms with van der Waals surface area (Å²) in [6.07, 6.45) is 15.1. The van der Waals surface area contributed by atoms with Gasteiger partial charge in [0.25, 0.3) is 0 Å². The Hall–Kier alpha value is -2.85. The molecule has 1 aromatic heterocycles. The summed E-state index contributed by atoms with van der Waals surface area (Å²) in [4.78, 5) is 9.19. The second-order valence-electron chi connectivity index (χ2n) is 8.53. The molecule has 3 rings (SSSR count). The van der Waals surface area contributed by atoms with E-state index >= 15 is 0 Å². The van der Waals surface area contributed by atoms with Crippen LogP contribution in [0.5, 0.6) is 0 Å². The third kappa shape index (κ3) is 7.61. The van der Waals surface area contributed by atoms with E-state index in [0.717, 1.165) is 60.9 Å². The van der Waals surface area contributed by atoms with E-state index in [2.05, 4.69) is 30.4 Å². The van der Waals surface area contributed by atoms with E-state index in [4.69, 9.17) is 4.74 Å². The Labute approximate surface area is 197 Å². The van der Waals surface area contributed by atoms with Gasteiger partial charge in [-0.3, -0.25) is 4.98 Å². The standard InChI is InChI=1S/C29H35FN2O/c1-4-6-10-18-33-22(3)12-8-7-9-13-24-15-16-25(20-26(24)30)29-21-31-28-19-23(11-5-2)14-17-27(28)32-29/h5,9,13-17,19-22H,2,4,6-8,10-12,18H2,1,3H3/b13-9+. The monoisotopic (exact) mass is 446 g/mol. The Morgan fingerprint density at radius 2 is 1.97 bits per heavy atom. The molecule has 3 nitrogen and oxygen atoms in total. The highest BCUT2D eigenvalue weighted by Crippen LogP contribution is 2.23. The van der Waals surface area contributed by atoms with Gasteiger partial charge in [0.05, 0.1) is 29.0 Å². The molecule has 1 heterocycles. The van der Waals surface area contributed by atoms with Crippen LogP contribution in [0.3, 0.4) is 0 Å². The van der Waals surface area contributed by atoms with Crippen LogP contribution in [0.4, 0.5) is 4.39 Å². The van der Waals surface area contributed by atoms with Gasteiger partial charge in [-0.25, -0.2) is 9.37 Å². The average molecular weight is 447 g/mol. The lowest BCUT2D eigenvalue weighted by molar-refractivity contribution is 0.0566. The quantitative estimate of drug-likeness (QED) is 0.197. The average Bonchev–Trinajstić information content (AvgIpc) is 2.82. The van der Waals surface area contributed by atoms with Gasteiger partial charge in [0, 0.05) is 17.7 Å². The van der Waals surface area contributed by atoms with Crippen LogP contribution in [0.2, 0.25) is 0 Å². The largest absolute Gasteiger partial charge is 0.379 e. The molecule has 174 valence electrons. The molecule has 0 aliphatic rings. The van der Waals surface area contributed by atoms with Gasteiger partial charge >= 0.3 is 0 Å². The zero-order chi connectivity index (χ0) is 23.5. The number of hydrogen-bond acceptors (Lipinski definition) is 3. The third-order valence-corrected chi connectivity index (χ3v) is 5.71. The first kappa shape index (κ1) is 24.8. The molecule has 0 aliphatic heterocycles. The molecule has 4 heteroatoms. The van der Waals surface area contributed by atoms with Gasteiger partial charge in [0.15, 0.2) is 0 Å². The van der Waals surface area contributed by atoms with E-state index in [9.17, 15) is 4.39 Å². The van der Waals surface area contributed by atoms with Crippen molar-refractivity contribution in [3.05, 3.63) is 78.3 Å². The Morgan fingerprint density at radius 3 is 2.76 bits per heavy atom. The molecule has 0 fully saturated rings. The highest BCUT2D eigenvalue weighted by atomic mass is 19.1. The van der Waals surface area contributed by atoms with Gasteiger partial charge in [0.1, 0.15) is 5.82 Å². The van der Waals surface area contributed by atoms with Crippen LogP contribution in [0.1, 0.15) is 63.5 Å². The molecule has 1 atom stereocenters. The summed E-state index contributed by atoms with van der Waals surface area (Å²) in [5.74, 6) is -0.250. The minimum Gasteiger partial charge on any atom is -0.379 e. The SMILES string of the molecule is C=CCc1ccc2nc(-c3ccc(/C=C/CCCC(C)OCCCCC)c(F)c3)cnc2c1. The Morgan fingerprint density at radius 1 is 1.09 bits per heavy atom. The van der Waals surface area contributed by atoms with Gasteiger partial charge in [-0.2, -0.15) is 0 Å². The normalized spacial score (nSPS) is 12.5. The molecule has 0 N–H and O–H groups in total. The summed E-state index contributed by atoms with van der Waals surface area (Å²) in [7, 11) is 0. The van der Waals surface area contributed by atoms with E-state index in [1.54, 1.807) is 12.3 Å². The minimum absolute atomic E-state index is 0.250. The fourth-order valence-corrected chi connectivity index (χ4v) is 3.76. The number of unbranched alkanes of at least 4 members (excludes halogenated alkanes) is 3. The third-order valence-electron chi connectivity index (χ3n) is 5.71. The van der Waals surface area contributed by atoms with Crippen molar-refractivity contribution in [3.63, 3.8) is 0 Å². The molecular formula is C29H35FN2O. The smallest absolute Gasteiger partial charge is 0.131 e. The van der Waals surface area contributed by atoms with Crippen molar-refractivity contribution >= 4 is 17.1 Å². The molecule has 0 spiro atoms. The van der Waals surface area contributed by atoms with Crippen molar-refractivity contribution in [2.45, 2.75) is 64.9 Å². The minimum atomic E-state index is -0.250. The lowest BCUT2D eigenvalue weighted by Gasteiger charge is -2.12. The zero-order valence-electron chi connectivity index (χ0n) is 19.9. The fourth-order valence-electron chi connectivity index (χ4n) is 3.76. The van der Waals surface area contributed by atoms with Crippen LogP contribution in [0, 0.1) is 5.82 Å². The van der Waals surface area contributed by atoms with Gasteiger partial charge in [0.2, 0.25) is 0 Å². The Balaban J connectivity index is 1.55. The molecule has 33 heavy (non-hydrogen) atoms. The van der Waals surface area contributed by atoms with E-state index in [-0.39, 0.29) is 11.9 Å². The molecule has 0 amide bonds. The summed E-state index contributed by atoms with van der Waals surface area (Å²) in [5, 5.41) is 0. The maximum absolute atomic E-state index is 14.7. The van der Waals surface area contributed by atoms with Crippen molar-refractivity contribution in [2.75, 3.05) is 6.61 Å². The van der Waals surface area contributed by atoms with Crippen LogP contribution in [-0.2, 0) is 11.2 Å². The number of aromatic nitrogens is 2. The maximum Gasteiger partial charge on any atom is 0.131 e. The van der Waals surface area contributed by atoms with Crippen molar-refractivity contribution in [1.29, 1.82) is 0 Å². The van der Waals surface area contributed by atoms with Crippen LogP contribution < -0.4 is 0 Å². The molecule has 0 aliphatic carbocycles. The molecule has 0 bridgehead atoms. The van der Waals surface area contributed by atoms with E-state index in [1.165, 1.54) is 18.9 Å². The fraction of sp³-hybridized carbons (Fsp3) is 0.379. The van der Waals surface area contributed by atoms with Gasteiger partial charge in [-0.05, 0) is 62.8 Å². The van der Waals surface area contributed by atoms with Gasteiger partial charge in [-0.1, -0.05) is 56.2 Å². The Kier molecular flexibility index (Phi) is 9.77. The van der Waals surface area contributed by atoms with E-state index in [1.807, 2.05) is 42.5 Å². The highest BCUT2D eigenvalue weighted by Gasteiger charge is 2.07. The lowest BCUT2D eigenvalue weighted by Crippen LogP contribution is -2.08. The molecule has 1 unspecified atom stereocenters. The highest BCUT2D eigenvalue weighted by molar-refractivity contribution is 5.78. The number of ether oxygens (including phenoxy) is 1. The van der Waals surface area contributed by atoms with Crippen molar-refractivity contribution in [3.8, 4) is 11.3 Å². The van der Waals surface area contributed by atoms with Crippen LogP contribution in [0.25, 0.3) is 28.4 Å². The molecular weight excluding hydrogens is 411 g/mol. The summed E-state index contributed by atoms with van der Waals surface area (Å²) < 4.78 is 20.5. The first-order valence-electron chi connectivity index (χ1n) is 12.1. The van der Waals surface area contributed by atoms with Crippen LogP contribution in [-0.4, -0.2) is 22.7 Å².